The molecule has 0 aromatic carbocycles. The van der Waals surface area contributed by atoms with Gasteiger partial charge < -0.3 is 5.11 Å². The lowest BCUT2D eigenvalue weighted by Crippen LogP contribution is -2.54. The molecular formula is C8H4BrF6NO. The first-order valence-corrected chi connectivity index (χ1v) is 4.76. The summed E-state index contributed by atoms with van der Waals surface area (Å²) in [5.41, 5.74) is -6.33. The van der Waals surface area contributed by atoms with E-state index < -0.39 is 23.5 Å². The Labute approximate surface area is 99.4 Å². The van der Waals surface area contributed by atoms with Crippen LogP contribution in [-0.2, 0) is 5.60 Å². The van der Waals surface area contributed by atoms with Gasteiger partial charge in [0.2, 0.25) is 0 Å². The molecule has 0 spiro atoms. The van der Waals surface area contributed by atoms with Gasteiger partial charge in [-0.05, 0) is 22.0 Å². The molecule has 0 radical (unpaired) electrons. The lowest BCUT2D eigenvalue weighted by molar-refractivity contribution is -0.376. The summed E-state index contributed by atoms with van der Waals surface area (Å²) in [5.74, 6) is 0. The number of aliphatic hydroxyl groups is 1. The highest BCUT2D eigenvalue weighted by molar-refractivity contribution is 9.10. The number of pyridine rings is 1. The zero-order valence-electron chi connectivity index (χ0n) is 7.77. The van der Waals surface area contributed by atoms with Crippen molar-refractivity contribution in [2.75, 3.05) is 0 Å². The van der Waals surface area contributed by atoms with Gasteiger partial charge in [0, 0.05) is 22.4 Å². The van der Waals surface area contributed by atoms with E-state index in [1.165, 1.54) is 0 Å². The molecule has 0 unspecified atom stereocenters. The highest BCUT2D eigenvalue weighted by Gasteiger charge is 2.71. The van der Waals surface area contributed by atoms with Gasteiger partial charge in [-0.1, -0.05) is 0 Å². The molecule has 1 N–H and O–H groups in total. The second kappa shape index (κ2) is 4.13. The van der Waals surface area contributed by atoms with Crippen molar-refractivity contribution in [2.24, 2.45) is 0 Å². The van der Waals surface area contributed by atoms with Gasteiger partial charge in [0.15, 0.2) is 0 Å². The first-order chi connectivity index (χ1) is 7.50. The Morgan fingerprint density at radius 3 is 1.82 bits per heavy atom. The molecule has 0 aliphatic carbocycles. The van der Waals surface area contributed by atoms with Crippen molar-refractivity contribution >= 4 is 15.9 Å². The molecule has 17 heavy (non-hydrogen) atoms. The molecule has 0 aliphatic rings. The van der Waals surface area contributed by atoms with E-state index in [0.717, 1.165) is 6.20 Å². The largest absolute Gasteiger partial charge is 0.430 e. The molecule has 0 amide bonds. The summed E-state index contributed by atoms with van der Waals surface area (Å²) < 4.78 is 74.3. The molecule has 0 saturated carbocycles. The Balaban J connectivity index is 3.46. The summed E-state index contributed by atoms with van der Waals surface area (Å²) in [6, 6.07) is 0.508. The minimum atomic E-state index is -5.90. The van der Waals surface area contributed by atoms with Crippen LogP contribution in [-0.4, -0.2) is 22.4 Å². The topological polar surface area (TPSA) is 33.1 Å². The molecule has 0 fully saturated rings. The van der Waals surface area contributed by atoms with Crippen molar-refractivity contribution in [3.05, 3.63) is 28.5 Å². The normalized spacial score (nSPS) is 13.9. The van der Waals surface area contributed by atoms with Crippen LogP contribution in [0.3, 0.4) is 0 Å². The molecule has 0 atom stereocenters. The van der Waals surface area contributed by atoms with E-state index in [4.69, 9.17) is 5.11 Å². The van der Waals surface area contributed by atoms with Crippen LogP contribution in [0.25, 0.3) is 0 Å². The molecule has 96 valence electrons. The van der Waals surface area contributed by atoms with E-state index in [2.05, 4.69) is 20.9 Å². The molecule has 1 rings (SSSR count). The molecule has 0 bridgehead atoms. The van der Waals surface area contributed by atoms with Gasteiger partial charge in [0.05, 0.1) is 0 Å². The summed E-state index contributed by atoms with van der Waals surface area (Å²) in [7, 11) is 0. The maximum atomic E-state index is 12.4. The van der Waals surface area contributed by atoms with Crippen molar-refractivity contribution in [2.45, 2.75) is 18.0 Å². The third-order valence-corrected chi connectivity index (χ3v) is 2.38. The van der Waals surface area contributed by atoms with Crippen LogP contribution in [0.1, 0.15) is 5.56 Å². The van der Waals surface area contributed by atoms with E-state index >= 15 is 0 Å². The van der Waals surface area contributed by atoms with Gasteiger partial charge in [0.1, 0.15) is 0 Å². The van der Waals surface area contributed by atoms with Crippen LogP contribution in [0, 0.1) is 0 Å². The number of nitrogens with zero attached hydrogens (tertiary/aromatic N) is 1. The van der Waals surface area contributed by atoms with E-state index in [-0.39, 0.29) is 4.47 Å². The van der Waals surface area contributed by atoms with Gasteiger partial charge in [-0.25, -0.2) is 0 Å². The maximum absolute atomic E-state index is 12.4. The Morgan fingerprint density at radius 1 is 1.00 bits per heavy atom. The van der Waals surface area contributed by atoms with Gasteiger partial charge in [-0.3, -0.25) is 4.98 Å². The molecule has 1 aromatic heterocycles. The number of aromatic nitrogens is 1. The van der Waals surface area contributed by atoms with Crippen LogP contribution >= 0.6 is 15.9 Å². The van der Waals surface area contributed by atoms with Crippen molar-refractivity contribution in [3.63, 3.8) is 0 Å². The zero-order valence-corrected chi connectivity index (χ0v) is 9.36. The number of rotatable bonds is 1. The first kappa shape index (κ1) is 14.2. The first-order valence-electron chi connectivity index (χ1n) is 3.97. The molecule has 0 saturated heterocycles. The summed E-state index contributed by atoms with van der Waals surface area (Å²) in [4.78, 5) is 3.17. The molecule has 1 aromatic rings. The quantitative estimate of drug-likeness (QED) is 0.805. The van der Waals surface area contributed by atoms with E-state index in [1.807, 2.05) is 0 Å². The smallest absolute Gasteiger partial charge is 0.369 e. The van der Waals surface area contributed by atoms with Crippen molar-refractivity contribution in [1.82, 2.24) is 4.98 Å². The highest BCUT2D eigenvalue weighted by atomic mass is 79.9. The van der Waals surface area contributed by atoms with Gasteiger partial charge in [-0.15, -0.1) is 0 Å². The third-order valence-electron chi connectivity index (χ3n) is 1.94. The fourth-order valence-electron chi connectivity index (χ4n) is 1.10. The monoisotopic (exact) mass is 323 g/mol. The summed E-state index contributed by atoms with van der Waals surface area (Å²) in [6.07, 6.45) is -10.5. The molecule has 9 heteroatoms. The fourth-order valence-corrected chi connectivity index (χ4v) is 1.46. The summed E-state index contributed by atoms with van der Waals surface area (Å²) in [6.45, 7) is 0. The molecule has 0 aliphatic heterocycles. The predicted molar refractivity (Wildman–Crippen MR) is 47.9 cm³/mol. The fraction of sp³-hybridized carbons (Fsp3) is 0.375. The summed E-state index contributed by atoms with van der Waals surface area (Å²) in [5, 5.41) is 8.97. The van der Waals surface area contributed by atoms with Crippen molar-refractivity contribution in [1.29, 1.82) is 0 Å². The standard InChI is InChI=1S/C8H4BrF6NO/c9-5-1-4(2-16-3-5)6(17,7(10,11)12)8(13,14)15/h1-3,17H. The Morgan fingerprint density at radius 2 is 1.47 bits per heavy atom. The Bertz CT molecular complexity index is 401. The SMILES string of the molecule is OC(c1cncc(Br)c1)(C(F)(F)F)C(F)(F)F. The lowest BCUT2D eigenvalue weighted by atomic mass is 9.94. The Kier molecular flexibility index (Phi) is 3.45. The zero-order chi connectivity index (χ0) is 13.5. The lowest BCUT2D eigenvalue weighted by Gasteiger charge is -2.32. The summed E-state index contributed by atoms with van der Waals surface area (Å²) >= 11 is 2.68. The minimum absolute atomic E-state index is 0.109. The number of hydrogen-bond acceptors (Lipinski definition) is 2. The van der Waals surface area contributed by atoms with E-state index in [9.17, 15) is 26.3 Å². The maximum Gasteiger partial charge on any atom is 0.430 e. The number of alkyl halides is 6. The van der Waals surface area contributed by atoms with Crippen molar-refractivity contribution in [3.8, 4) is 0 Å². The van der Waals surface area contributed by atoms with Crippen LogP contribution in [0.4, 0.5) is 26.3 Å². The van der Waals surface area contributed by atoms with Gasteiger partial charge >= 0.3 is 12.4 Å². The van der Waals surface area contributed by atoms with Crippen LogP contribution in [0.2, 0.25) is 0 Å². The minimum Gasteiger partial charge on any atom is -0.369 e. The van der Waals surface area contributed by atoms with E-state index in [0.29, 0.717) is 12.3 Å². The number of halogens is 7. The predicted octanol–water partition coefficient (Wildman–Crippen LogP) is 3.16. The average molecular weight is 324 g/mol. The second-order valence-corrected chi connectivity index (χ2v) is 4.01. The third kappa shape index (κ3) is 2.39. The van der Waals surface area contributed by atoms with Gasteiger partial charge in [-0.2, -0.15) is 26.3 Å². The Hall–Kier alpha value is -0.830. The molecular weight excluding hydrogens is 320 g/mol. The highest BCUT2D eigenvalue weighted by Crippen LogP contribution is 2.50. The van der Waals surface area contributed by atoms with Crippen LogP contribution < -0.4 is 0 Å². The molecule has 1 heterocycles. The number of hydrogen-bond donors (Lipinski definition) is 1. The average Bonchev–Trinajstić information content (AvgIpc) is 2.12. The second-order valence-electron chi connectivity index (χ2n) is 3.10. The van der Waals surface area contributed by atoms with Crippen molar-refractivity contribution < 1.29 is 31.4 Å². The van der Waals surface area contributed by atoms with Gasteiger partial charge in [0.25, 0.3) is 5.60 Å². The molecule has 2 nitrogen and oxygen atoms in total. The van der Waals surface area contributed by atoms with E-state index in [1.54, 1.807) is 0 Å². The van der Waals surface area contributed by atoms with Crippen LogP contribution in [0.15, 0.2) is 22.9 Å². The van der Waals surface area contributed by atoms with Crippen LogP contribution in [0.5, 0.6) is 0 Å².